The van der Waals surface area contributed by atoms with Crippen LogP contribution in [0.1, 0.15) is 0 Å². The lowest BCUT2D eigenvalue weighted by Gasteiger charge is -2.23. The first-order chi connectivity index (χ1) is 25.6. The summed E-state index contributed by atoms with van der Waals surface area (Å²) in [5.41, 5.74) is 5.67. The molecule has 8 rings (SSSR count). The van der Waals surface area contributed by atoms with Gasteiger partial charge in [0.2, 0.25) is 22.5 Å². The number of para-hydroxylation sites is 4. The van der Waals surface area contributed by atoms with E-state index in [4.69, 9.17) is 38.2 Å². The highest BCUT2D eigenvalue weighted by atomic mass is 35.5. The number of halogens is 2. The maximum Gasteiger partial charge on any atom is 0.240 e. The molecule has 52 heavy (non-hydrogen) atoms. The van der Waals surface area contributed by atoms with Crippen LogP contribution >= 0.6 is 23.2 Å². The molecule has 0 amide bonds. The Bertz CT molecular complexity index is 2160. The predicted octanol–water partition coefficient (Wildman–Crippen LogP) is 11.3. The normalized spacial score (nSPS) is 10.5. The van der Waals surface area contributed by atoms with Gasteiger partial charge >= 0.3 is 0 Å². The van der Waals surface area contributed by atoms with Crippen LogP contribution in [-0.4, -0.2) is 29.9 Å². The van der Waals surface area contributed by atoms with Gasteiger partial charge in [0.1, 0.15) is 0 Å². The molecule has 0 saturated heterocycles. The van der Waals surface area contributed by atoms with Crippen molar-refractivity contribution in [2.45, 2.75) is 0 Å². The third kappa shape index (κ3) is 8.27. The first-order valence-corrected chi connectivity index (χ1v) is 17.1. The molecule has 0 aliphatic carbocycles. The third-order valence-electron chi connectivity index (χ3n) is 7.71. The molecule has 0 fully saturated rings. The number of anilines is 6. The summed E-state index contributed by atoms with van der Waals surface area (Å²) in [5.74, 6) is 2.23. The Kier molecular flexibility index (Phi) is 10.8. The second-order valence-corrected chi connectivity index (χ2v) is 11.9. The lowest BCUT2D eigenvalue weighted by molar-refractivity contribution is 1.01. The minimum atomic E-state index is 0.0573. The SMILES string of the molecule is Clc1nc(Cl)nc(N(c2ccccc2)c2ccccc2)n1.c1ccc(-c2nc(-c3ccccc3)nc(N(c3ccccc3)c3ccccc3)n2)cc1. The molecule has 0 unspecified atom stereocenters. The summed E-state index contributed by atoms with van der Waals surface area (Å²) < 4.78 is 0. The van der Waals surface area contributed by atoms with Crippen molar-refractivity contribution in [2.75, 3.05) is 9.80 Å². The van der Waals surface area contributed by atoms with Gasteiger partial charge in [-0.05, 0) is 71.7 Å². The van der Waals surface area contributed by atoms with Gasteiger partial charge < -0.3 is 0 Å². The van der Waals surface area contributed by atoms with Crippen molar-refractivity contribution in [2.24, 2.45) is 0 Å². The van der Waals surface area contributed by atoms with Crippen LogP contribution < -0.4 is 9.80 Å². The minimum Gasteiger partial charge on any atom is -0.279 e. The molecule has 0 saturated carbocycles. The largest absolute Gasteiger partial charge is 0.279 e. The van der Waals surface area contributed by atoms with Crippen molar-refractivity contribution >= 4 is 57.8 Å². The van der Waals surface area contributed by atoms with Gasteiger partial charge in [-0.15, -0.1) is 0 Å². The van der Waals surface area contributed by atoms with Crippen LogP contribution in [0.15, 0.2) is 182 Å². The summed E-state index contributed by atoms with van der Waals surface area (Å²) in [4.78, 5) is 30.6. The number of aromatic nitrogens is 6. The Hall–Kier alpha value is -6.48. The number of benzene rings is 6. The predicted molar refractivity (Wildman–Crippen MR) is 210 cm³/mol. The quantitative estimate of drug-likeness (QED) is 0.154. The van der Waals surface area contributed by atoms with E-state index in [0.29, 0.717) is 23.5 Å². The molecule has 0 radical (unpaired) electrons. The van der Waals surface area contributed by atoms with Crippen LogP contribution in [-0.2, 0) is 0 Å². The van der Waals surface area contributed by atoms with Gasteiger partial charge in [-0.1, -0.05) is 133 Å². The van der Waals surface area contributed by atoms with E-state index in [2.05, 4.69) is 44.1 Å². The van der Waals surface area contributed by atoms with Crippen molar-refractivity contribution < 1.29 is 0 Å². The number of nitrogens with zero attached hydrogens (tertiary/aromatic N) is 8. The van der Waals surface area contributed by atoms with Crippen molar-refractivity contribution in [3.63, 3.8) is 0 Å². The highest BCUT2D eigenvalue weighted by Crippen LogP contribution is 2.34. The van der Waals surface area contributed by atoms with E-state index in [-0.39, 0.29) is 10.6 Å². The van der Waals surface area contributed by atoms with E-state index >= 15 is 0 Å². The number of rotatable bonds is 8. The highest BCUT2D eigenvalue weighted by molar-refractivity contribution is 6.31. The molecule has 0 spiro atoms. The van der Waals surface area contributed by atoms with Gasteiger partial charge in [-0.25, -0.2) is 4.98 Å². The molecule has 0 N–H and O–H groups in total. The van der Waals surface area contributed by atoms with E-state index in [1.807, 2.05) is 163 Å². The lowest BCUT2D eigenvalue weighted by atomic mass is 10.2. The molecule has 6 aromatic carbocycles. The molecule has 10 heteroatoms. The van der Waals surface area contributed by atoms with Gasteiger partial charge in [0.05, 0.1) is 0 Å². The third-order valence-corrected chi connectivity index (χ3v) is 8.05. The van der Waals surface area contributed by atoms with Gasteiger partial charge in [0, 0.05) is 33.9 Å². The zero-order valence-corrected chi connectivity index (χ0v) is 29.2. The fourth-order valence-corrected chi connectivity index (χ4v) is 5.74. The summed E-state index contributed by atoms with van der Waals surface area (Å²) in [7, 11) is 0. The zero-order chi connectivity index (χ0) is 35.5. The summed E-state index contributed by atoms with van der Waals surface area (Å²) >= 11 is 11.8. The van der Waals surface area contributed by atoms with Gasteiger partial charge in [-0.2, -0.15) is 24.9 Å². The first-order valence-electron chi connectivity index (χ1n) is 16.4. The fourth-order valence-electron chi connectivity index (χ4n) is 5.38. The molecule has 8 aromatic rings. The smallest absolute Gasteiger partial charge is 0.240 e. The molecule has 0 atom stereocenters. The highest BCUT2D eigenvalue weighted by Gasteiger charge is 2.19. The van der Waals surface area contributed by atoms with Gasteiger partial charge in [0.15, 0.2) is 11.6 Å². The number of hydrogen-bond acceptors (Lipinski definition) is 8. The molecule has 0 aliphatic rings. The van der Waals surface area contributed by atoms with E-state index in [1.165, 1.54) is 0 Å². The maximum absolute atomic E-state index is 5.90. The number of hydrogen-bond donors (Lipinski definition) is 0. The Labute approximate surface area is 311 Å². The van der Waals surface area contributed by atoms with Crippen molar-refractivity contribution in [3.05, 3.63) is 193 Å². The monoisotopic (exact) mass is 716 g/mol. The summed E-state index contributed by atoms with van der Waals surface area (Å²) in [6, 6.07) is 59.8. The van der Waals surface area contributed by atoms with Gasteiger partial charge in [-0.3, -0.25) is 9.80 Å². The van der Waals surface area contributed by atoms with Crippen molar-refractivity contribution in [1.29, 1.82) is 0 Å². The van der Waals surface area contributed by atoms with Crippen LogP contribution in [0.25, 0.3) is 22.8 Å². The van der Waals surface area contributed by atoms with Crippen LogP contribution in [0.2, 0.25) is 10.6 Å². The Balaban J connectivity index is 0.000000175. The molecule has 2 heterocycles. The standard InChI is InChI=1S/C27H20N4.C15H10Cl2N4/c1-5-13-21(14-6-1)25-28-26(22-15-7-2-8-16-22)30-27(29-25)31(23-17-9-3-10-18-23)24-19-11-4-12-20-24;16-13-18-14(17)20-15(19-13)21(11-7-3-1-4-8-11)12-9-5-2-6-10-12/h1-20H;1-10H. The van der Waals surface area contributed by atoms with E-state index in [9.17, 15) is 0 Å². The van der Waals surface area contributed by atoms with E-state index < -0.39 is 0 Å². The molecule has 0 aliphatic heterocycles. The molecule has 2 aromatic heterocycles. The summed E-state index contributed by atoms with van der Waals surface area (Å²) in [6.45, 7) is 0. The summed E-state index contributed by atoms with van der Waals surface area (Å²) in [6.07, 6.45) is 0. The second kappa shape index (κ2) is 16.5. The molecule has 8 nitrogen and oxygen atoms in total. The van der Waals surface area contributed by atoms with Crippen LogP contribution in [0, 0.1) is 0 Å². The first kappa shape index (κ1) is 34.0. The van der Waals surface area contributed by atoms with Crippen molar-refractivity contribution in [1.82, 2.24) is 29.9 Å². The Morgan fingerprint density at radius 1 is 0.288 bits per heavy atom. The van der Waals surface area contributed by atoms with Crippen LogP contribution in [0.5, 0.6) is 0 Å². The average molecular weight is 718 g/mol. The molecular weight excluding hydrogens is 687 g/mol. The second-order valence-electron chi connectivity index (χ2n) is 11.2. The van der Waals surface area contributed by atoms with E-state index in [0.717, 1.165) is 33.9 Å². The Morgan fingerprint density at radius 3 is 0.865 bits per heavy atom. The zero-order valence-electron chi connectivity index (χ0n) is 27.7. The maximum atomic E-state index is 5.90. The fraction of sp³-hybridized carbons (Fsp3) is 0. The molecule has 252 valence electrons. The van der Waals surface area contributed by atoms with E-state index in [1.54, 1.807) is 0 Å². The molecular formula is C42H30Cl2N8. The van der Waals surface area contributed by atoms with Gasteiger partial charge in [0.25, 0.3) is 0 Å². The van der Waals surface area contributed by atoms with Crippen LogP contribution in [0.3, 0.4) is 0 Å². The molecule has 0 bridgehead atoms. The topological polar surface area (TPSA) is 83.8 Å². The Morgan fingerprint density at radius 2 is 0.558 bits per heavy atom. The average Bonchev–Trinajstić information content (AvgIpc) is 3.20. The minimum absolute atomic E-state index is 0.0573. The van der Waals surface area contributed by atoms with Crippen LogP contribution in [0.4, 0.5) is 34.6 Å². The summed E-state index contributed by atoms with van der Waals surface area (Å²) in [5, 5.41) is 0.115. The van der Waals surface area contributed by atoms with Crippen molar-refractivity contribution in [3.8, 4) is 22.8 Å². The lowest BCUT2D eigenvalue weighted by Crippen LogP contribution is -2.15.